The molecule has 0 radical (unpaired) electrons. The van der Waals surface area contributed by atoms with E-state index in [1.807, 2.05) is 0 Å². The summed E-state index contributed by atoms with van der Waals surface area (Å²) in [6, 6.07) is -0.454. The maximum Gasteiger partial charge on any atom is 0.243 e. The first-order chi connectivity index (χ1) is 8.66. The van der Waals surface area contributed by atoms with Gasteiger partial charge < -0.3 is 5.73 Å². The molecule has 1 saturated carbocycles. The Kier molecular flexibility index (Phi) is 4.30. The van der Waals surface area contributed by atoms with Crippen LogP contribution in [0.15, 0.2) is 6.33 Å². The van der Waals surface area contributed by atoms with Gasteiger partial charge in [0.2, 0.25) is 11.9 Å². The van der Waals surface area contributed by atoms with Crippen molar-refractivity contribution in [3.8, 4) is 0 Å². The molecule has 0 bridgehead atoms. The highest BCUT2D eigenvalue weighted by Crippen LogP contribution is 2.27. The molecule has 3 N–H and O–H groups in total. The summed E-state index contributed by atoms with van der Waals surface area (Å²) in [4.78, 5) is 15.9. The van der Waals surface area contributed by atoms with E-state index < -0.39 is 6.04 Å². The Morgan fingerprint density at radius 3 is 2.89 bits per heavy atom. The molecule has 0 aliphatic heterocycles. The Bertz CT molecular complexity index is 397. The number of rotatable bonds is 4. The summed E-state index contributed by atoms with van der Waals surface area (Å²) >= 11 is 0. The smallest absolute Gasteiger partial charge is 0.243 e. The standard InChI is InChI=1S/C12H21N5O/c1-17-12(14-8-15-17)16-11(18)10(13)7-9-5-3-2-4-6-9/h8-10H,2-7,13H2,1H3,(H,14,15,16,18). The fourth-order valence-corrected chi connectivity index (χ4v) is 2.50. The number of hydrogen-bond donors (Lipinski definition) is 2. The van der Waals surface area contributed by atoms with Gasteiger partial charge in [-0.05, 0) is 12.3 Å². The largest absolute Gasteiger partial charge is 0.320 e. The lowest BCUT2D eigenvalue weighted by Gasteiger charge is -2.23. The van der Waals surface area contributed by atoms with Crippen LogP contribution < -0.4 is 11.1 Å². The molecule has 1 heterocycles. The van der Waals surface area contributed by atoms with Crippen molar-refractivity contribution < 1.29 is 4.79 Å². The van der Waals surface area contributed by atoms with Crippen LogP contribution >= 0.6 is 0 Å². The number of anilines is 1. The third-order valence-corrected chi connectivity index (χ3v) is 3.60. The molecule has 6 heteroatoms. The summed E-state index contributed by atoms with van der Waals surface area (Å²) in [5.41, 5.74) is 5.95. The van der Waals surface area contributed by atoms with E-state index in [0.717, 1.165) is 6.42 Å². The molecule has 1 amide bonds. The molecule has 1 aliphatic rings. The fourth-order valence-electron chi connectivity index (χ4n) is 2.50. The van der Waals surface area contributed by atoms with Gasteiger partial charge in [-0.1, -0.05) is 32.1 Å². The molecule has 2 rings (SSSR count). The van der Waals surface area contributed by atoms with Gasteiger partial charge in [0.15, 0.2) is 0 Å². The van der Waals surface area contributed by atoms with Crippen LogP contribution in [0, 0.1) is 5.92 Å². The molecule has 0 aromatic carbocycles. The highest BCUT2D eigenvalue weighted by atomic mass is 16.2. The molecule has 1 aromatic heterocycles. The molecule has 0 spiro atoms. The lowest BCUT2D eigenvalue weighted by molar-refractivity contribution is -0.117. The molecule has 1 aromatic rings. The predicted molar refractivity (Wildman–Crippen MR) is 68.8 cm³/mol. The summed E-state index contributed by atoms with van der Waals surface area (Å²) in [5.74, 6) is 0.870. The number of carbonyl (C=O) groups excluding carboxylic acids is 1. The molecule has 18 heavy (non-hydrogen) atoms. The van der Waals surface area contributed by atoms with Crippen LogP contribution in [0.2, 0.25) is 0 Å². The molecule has 1 unspecified atom stereocenters. The number of hydrogen-bond acceptors (Lipinski definition) is 4. The molecular weight excluding hydrogens is 230 g/mol. The van der Waals surface area contributed by atoms with Crippen molar-refractivity contribution in [3.63, 3.8) is 0 Å². The molecule has 1 aliphatic carbocycles. The topological polar surface area (TPSA) is 85.8 Å². The number of nitrogens with one attached hydrogen (secondary N) is 1. The van der Waals surface area contributed by atoms with Crippen molar-refractivity contribution in [2.45, 2.75) is 44.6 Å². The summed E-state index contributed by atoms with van der Waals surface area (Å²) in [7, 11) is 1.73. The zero-order valence-corrected chi connectivity index (χ0v) is 10.8. The second kappa shape index (κ2) is 5.95. The molecular formula is C12H21N5O. The van der Waals surface area contributed by atoms with E-state index >= 15 is 0 Å². The maximum absolute atomic E-state index is 11.9. The average Bonchev–Trinajstić information content (AvgIpc) is 2.76. The third-order valence-electron chi connectivity index (χ3n) is 3.60. The quantitative estimate of drug-likeness (QED) is 0.837. The van der Waals surface area contributed by atoms with Gasteiger partial charge in [-0.3, -0.25) is 10.1 Å². The van der Waals surface area contributed by atoms with Gasteiger partial charge in [-0.2, -0.15) is 10.1 Å². The second-order valence-electron chi connectivity index (χ2n) is 5.04. The van der Waals surface area contributed by atoms with Crippen LogP contribution in [0.5, 0.6) is 0 Å². The molecule has 100 valence electrons. The maximum atomic E-state index is 11.9. The molecule has 6 nitrogen and oxygen atoms in total. The van der Waals surface area contributed by atoms with Crippen molar-refractivity contribution >= 4 is 11.9 Å². The normalized spacial score (nSPS) is 18.6. The van der Waals surface area contributed by atoms with Gasteiger partial charge in [0.1, 0.15) is 6.33 Å². The number of nitrogens with zero attached hydrogens (tertiary/aromatic N) is 3. The van der Waals surface area contributed by atoms with E-state index in [0.29, 0.717) is 11.9 Å². The fraction of sp³-hybridized carbons (Fsp3) is 0.750. The zero-order valence-electron chi connectivity index (χ0n) is 10.8. The zero-order chi connectivity index (χ0) is 13.0. The Morgan fingerprint density at radius 1 is 1.56 bits per heavy atom. The van der Waals surface area contributed by atoms with Crippen molar-refractivity contribution in [2.75, 3.05) is 5.32 Å². The number of aromatic nitrogens is 3. The third kappa shape index (κ3) is 3.29. The number of nitrogens with two attached hydrogens (primary N) is 1. The Hall–Kier alpha value is -1.43. The van der Waals surface area contributed by atoms with Gasteiger partial charge in [0, 0.05) is 7.05 Å². The first kappa shape index (κ1) is 13.0. The lowest BCUT2D eigenvalue weighted by Crippen LogP contribution is -2.38. The highest BCUT2D eigenvalue weighted by Gasteiger charge is 2.22. The van der Waals surface area contributed by atoms with Crippen LogP contribution in [-0.2, 0) is 11.8 Å². The van der Waals surface area contributed by atoms with E-state index in [1.165, 1.54) is 43.1 Å². The second-order valence-corrected chi connectivity index (χ2v) is 5.04. The van der Waals surface area contributed by atoms with Crippen LogP contribution in [0.4, 0.5) is 5.95 Å². The van der Waals surface area contributed by atoms with E-state index in [2.05, 4.69) is 15.4 Å². The minimum atomic E-state index is -0.454. The lowest BCUT2D eigenvalue weighted by atomic mass is 9.85. The minimum Gasteiger partial charge on any atom is -0.320 e. The average molecular weight is 251 g/mol. The Balaban J connectivity index is 1.83. The van der Waals surface area contributed by atoms with Gasteiger partial charge in [-0.15, -0.1) is 0 Å². The van der Waals surface area contributed by atoms with Crippen molar-refractivity contribution in [2.24, 2.45) is 18.7 Å². The number of amides is 1. The van der Waals surface area contributed by atoms with E-state index in [-0.39, 0.29) is 5.91 Å². The van der Waals surface area contributed by atoms with Gasteiger partial charge in [-0.25, -0.2) is 4.68 Å². The summed E-state index contributed by atoms with van der Waals surface area (Å²) < 4.78 is 1.52. The predicted octanol–water partition coefficient (Wildman–Crippen LogP) is 1.05. The van der Waals surface area contributed by atoms with Crippen molar-refractivity contribution in [1.82, 2.24) is 14.8 Å². The number of carbonyl (C=O) groups is 1. The molecule has 1 fully saturated rings. The van der Waals surface area contributed by atoms with Crippen molar-refractivity contribution in [1.29, 1.82) is 0 Å². The van der Waals surface area contributed by atoms with Gasteiger partial charge in [0.05, 0.1) is 6.04 Å². The first-order valence-corrected chi connectivity index (χ1v) is 6.57. The summed E-state index contributed by atoms with van der Waals surface area (Å²) in [5, 5.41) is 6.60. The molecule has 1 atom stereocenters. The van der Waals surface area contributed by atoms with Gasteiger partial charge in [0.25, 0.3) is 0 Å². The Labute approximate surface area is 107 Å². The van der Waals surface area contributed by atoms with Crippen LogP contribution in [0.1, 0.15) is 38.5 Å². The summed E-state index contributed by atoms with van der Waals surface area (Å²) in [6.07, 6.45) is 8.42. The van der Waals surface area contributed by atoms with Crippen molar-refractivity contribution in [3.05, 3.63) is 6.33 Å². The SMILES string of the molecule is Cn1ncnc1NC(=O)C(N)CC1CCCCC1. The first-order valence-electron chi connectivity index (χ1n) is 6.57. The minimum absolute atomic E-state index is 0.170. The van der Waals surface area contributed by atoms with E-state index in [4.69, 9.17) is 5.73 Å². The number of aryl methyl sites for hydroxylation is 1. The highest BCUT2D eigenvalue weighted by molar-refractivity contribution is 5.93. The summed E-state index contributed by atoms with van der Waals surface area (Å²) in [6.45, 7) is 0. The van der Waals surface area contributed by atoms with Gasteiger partial charge >= 0.3 is 0 Å². The monoisotopic (exact) mass is 251 g/mol. The van der Waals surface area contributed by atoms with Crippen LogP contribution in [0.3, 0.4) is 0 Å². The van der Waals surface area contributed by atoms with Crippen LogP contribution in [0.25, 0.3) is 0 Å². The molecule has 0 saturated heterocycles. The van der Waals surface area contributed by atoms with E-state index in [9.17, 15) is 4.79 Å². The Morgan fingerprint density at radius 2 is 2.28 bits per heavy atom. The van der Waals surface area contributed by atoms with E-state index in [1.54, 1.807) is 7.05 Å². The van der Waals surface area contributed by atoms with Crippen LogP contribution in [-0.4, -0.2) is 26.7 Å².